The number of anilines is 1. The maximum atomic E-state index is 13.9. The SMILES string of the molecule is COc1ccc2c(n1)C1(CCN(Cc3ccccc3)CC1)C(=O)N2CC(=O)N1CCCC1C(F)(F)F. The van der Waals surface area contributed by atoms with Crippen LogP contribution in [0.25, 0.3) is 0 Å². The van der Waals surface area contributed by atoms with Crippen LogP contribution in [-0.4, -0.2) is 72.1 Å². The zero-order chi connectivity index (χ0) is 25.5. The van der Waals surface area contributed by atoms with Crippen molar-refractivity contribution in [2.45, 2.75) is 49.9 Å². The van der Waals surface area contributed by atoms with E-state index in [1.54, 1.807) is 12.1 Å². The third-order valence-electron chi connectivity index (χ3n) is 7.66. The molecule has 7 nitrogen and oxygen atoms in total. The topological polar surface area (TPSA) is 66.0 Å². The number of carbonyl (C=O) groups excluding carboxylic acids is 2. The second-order valence-electron chi connectivity index (χ2n) is 9.74. The number of hydrogen-bond donors (Lipinski definition) is 0. The Labute approximate surface area is 207 Å². The molecule has 10 heteroatoms. The molecule has 1 aromatic carbocycles. The molecular weight excluding hydrogens is 473 g/mol. The summed E-state index contributed by atoms with van der Waals surface area (Å²) in [6.07, 6.45) is -3.29. The minimum absolute atomic E-state index is 0.0400. The van der Waals surface area contributed by atoms with Crippen LogP contribution < -0.4 is 9.64 Å². The van der Waals surface area contributed by atoms with Gasteiger partial charge in [-0.2, -0.15) is 13.2 Å². The third-order valence-corrected chi connectivity index (χ3v) is 7.66. The second kappa shape index (κ2) is 9.38. The van der Waals surface area contributed by atoms with Crippen molar-refractivity contribution in [2.75, 3.05) is 38.2 Å². The fourth-order valence-corrected chi connectivity index (χ4v) is 5.76. The van der Waals surface area contributed by atoms with Gasteiger partial charge in [0, 0.05) is 19.2 Å². The highest BCUT2D eigenvalue weighted by molar-refractivity contribution is 6.10. The summed E-state index contributed by atoms with van der Waals surface area (Å²) in [6, 6.07) is 11.6. The summed E-state index contributed by atoms with van der Waals surface area (Å²) in [5.74, 6) is -0.602. The highest BCUT2D eigenvalue weighted by Gasteiger charge is 2.55. The summed E-state index contributed by atoms with van der Waals surface area (Å²) >= 11 is 0. The van der Waals surface area contributed by atoms with Gasteiger partial charge in [-0.05, 0) is 50.4 Å². The number of rotatable bonds is 5. The number of carbonyl (C=O) groups is 2. The van der Waals surface area contributed by atoms with Crippen molar-refractivity contribution >= 4 is 17.5 Å². The van der Waals surface area contributed by atoms with E-state index in [1.165, 1.54) is 17.6 Å². The van der Waals surface area contributed by atoms with Gasteiger partial charge in [0.25, 0.3) is 0 Å². The van der Waals surface area contributed by atoms with Crippen molar-refractivity contribution in [3.63, 3.8) is 0 Å². The smallest absolute Gasteiger partial charge is 0.408 e. The molecular formula is C26H29F3N4O3. The van der Waals surface area contributed by atoms with E-state index in [4.69, 9.17) is 4.74 Å². The molecule has 1 unspecified atom stereocenters. The zero-order valence-electron chi connectivity index (χ0n) is 20.1. The second-order valence-corrected chi connectivity index (χ2v) is 9.74. The van der Waals surface area contributed by atoms with Gasteiger partial charge in [0.05, 0.1) is 23.9 Å². The number of ether oxygens (including phenoxy) is 1. The molecule has 5 rings (SSSR count). The number of aromatic nitrogens is 1. The van der Waals surface area contributed by atoms with E-state index in [2.05, 4.69) is 22.0 Å². The van der Waals surface area contributed by atoms with Crippen LogP contribution >= 0.6 is 0 Å². The van der Waals surface area contributed by atoms with Gasteiger partial charge < -0.3 is 14.5 Å². The number of fused-ring (bicyclic) bond motifs is 2. The van der Waals surface area contributed by atoms with E-state index in [9.17, 15) is 22.8 Å². The molecule has 3 aliphatic rings. The Bertz CT molecular complexity index is 1130. The average Bonchev–Trinajstić information content (AvgIpc) is 3.45. The van der Waals surface area contributed by atoms with E-state index in [0.29, 0.717) is 49.6 Å². The first kappa shape index (κ1) is 24.5. The van der Waals surface area contributed by atoms with Crippen molar-refractivity contribution in [3.05, 3.63) is 53.7 Å². The molecule has 1 spiro atoms. The average molecular weight is 503 g/mol. The third kappa shape index (κ3) is 4.31. The first-order valence-electron chi connectivity index (χ1n) is 12.2. The first-order valence-corrected chi connectivity index (χ1v) is 12.2. The Morgan fingerprint density at radius 1 is 1.11 bits per heavy atom. The lowest BCUT2D eigenvalue weighted by atomic mass is 9.76. The molecule has 0 aliphatic carbocycles. The Morgan fingerprint density at radius 3 is 2.50 bits per heavy atom. The molecule has 0 bridgehead atoms. The molecule has 0 N–H and O–H groups in total. The van der Waals surface area contributed by atoms with Crippen LogP contribution in [0.2, 0.25) is 0 Å². The van der Waals surface area contributed by atoms with Crippen molar-refractivity contribution in [1.82, 2.24) is 14.8 Å². The standard InChI is InChI=1S/C26H29F3N4O3/c1-36-21-10-9-19-23(30-21)25(11-14-31(15-12-25)16-18-6-3-2-4-7-18)24(35)33(19)17-22(34)32-13-5-8-20(32)26(27,28)29/h2-4,6-7,9-10,20H,5,8,11-17H2,1H3. The molecule has 0 radical (unpaired) electrons. The number of pyridine rings is 1. The van der Waals surface area contributed by atoms with Crippen LogP contribution in [0.4, 0.5) is 18.9 Å². The highest BCUT2D eigenvalue weighted by Crippen LogP contribution is 2.48. The Kier molecular flexibility index (Phi) is 6.40. The molecule has 1 atom stereocenters. The van der Waals surface area contributed by atoms with Gasteiger partial charge in [-0.15, -0.1) is 0 Å². The number of benzene rings is 1. The lowest BCUT2D eigenvalue weighted by Gasteiger charge is -2.38. The Hall–Kier alpha value is -3.14. The van der Waals surface area contributed by atoms with Crippen molar-refractivity contribution < 1.29 is 27.5 Å². The molecule has 2 amide bonds. The molecule has 192 valence electrons. The lowest BCUT2D eigenvalue weighted by Crippen LogP contribution is -2.52. The molecule has 36 heavy (non-hydrogen) atoms. The number of methoxy groups -OCH3 is 1. The van der Waals surface area contributed by atoms with Gasteiger partial charge in [0.2, 0.25) is 17.7 Å². The van der Waals surface area contributed by atoms with E-state index >= 15 is 0 Å². The van der Waals surface area contributed by atoms with Crippen LogP contribution in [0, 0.1) is 0 Å². The molecule has 4 heterocycles. The number of nitrogens with zero attached hydrogens (tertiary/aromatic N) is 4. The van der Waals surface area contributed by atoms with Gasteiger partial charge in [-0.3, -0.25) is 14.5 Å². The number of piperidine rings is 1. The fourth-order valence-electron chi connectivity index (χ4n) is 5.76. The summed E-state index contributed by atoms with van der Waals surface area (Å²) in [7, 11) is 1.49. The number of likely N-dealkylation sites (tertiary alicyclic amines) is 2. The first-order chi connectivity index (χ1) is 17.2. The molecule has 3 aliphatic heterocycles. The lowest BCUT2D eigenvalue weighted by molar-refractivity contribution is -0.182. The molecule has 1 aromatic heterocycles. The van der Waals surface area contributed by atoms with E-state index in [0.717, 1.165) is 11.4 Å². The van der Waals surface area contributed by atoms with Crippen LogP contribution in [0.5, 0.6) is 5.88 Å². The van der Waals surface area contributed by atoms with Crippen LogP contribution in [0.3, 0.4) is 0 Å². The molecule has 2 aromatic rings. The summed E-state index contributed by atoms with van der Waals surface area (Å²) in [5, 5.41) is 0. The number of alkyl halides is 3. The maximum absolute atomic E-state index is 13.9. The summed E-state index contributed by atoms with van der Waals surface area (Å²) in [5.41, 5.74) is 1.29. The highest BCUT2D eigenvalue weighted by atomic mass is 19.4. The fraction of sp³-hybridized carbons (Fsp3) is 0.500. The number of amides is 2. The molecule has 2 saturated heterocycles. The van der Waals surface area contributed by atoms with Crippen LogP contribution in [-0.2, 0) is 21.5 Å². The summed E-state index contributed by atoms with van der Waals surface area (Å²) in [6.45, 7) is 1.69. The monoisotopic (exact) mass is 502 g/mol. The van der Waals surface area contributed by atoms with Gasteiger partial charge in [-0.1, -0.05) is 30.3 Å². The summed E-state index contributed by atoms with van der Waals surface area (Å²) in [4.78, 5) is 36.0. The predicted molar refractivity (Wildman–Crippen MR) is 127 cm³/mol. The van der Waals surface area contributed by atoms with Gasteiger partial charge in [0.15, 0.2) is 0 Å². The zero-order valence-corrected chi connectivity index (χ0v) is 20.1. The molecule has 2 fully saturated rings. The van der Waals surface area contributed by atoms with Crippen molar-refractivity contribution in [2.24, 2.45) is 0 Å². The van der Waals surface area contributed by atoms with Crippen molar-refractivity contribution in [3.8, 4) is 5.88 Å². The predicted octanol–water partition coefficient (Wildman–Crippen LogP) is 3.52. The van der Waals surface area contributed by atoms with Gasteiger partial charge >= 0.3 is 6.18 Å². The Morgan fingerprint density at radius 2 is 1.83 bits per heavy atom. The molecule has 0 saturated carbocycles. The van der Waals surface area contributed by atoms with Crippen LogP contribution in [0.1, 0.15) is 36.9 Å². The minimum Gasteiger partial charge on any atom is -0.481 e. The minimum atomic E-state index is -4.49. The van der Waals surface area contributed by atoms with E-state index in [-0.39, 0.29) is 18.9 Å². The van der Waals surface area contributed by atoms with Gasteiger partial charge in [0.1, 0.15) is 12.6 Å². The van der Waals surface area contributed by atoms with Crippen LogP contribution in [0.15, 0.2) is 42.5 Å². The quantitative estimate of drug-likeness (QED) is 0.626. The van der Waals surface area contributed by atoms with Gasteiger partial charge in [-0.25, -0.2) is 4.98 Å². The number of halogens is 3. The largest absolute Gasteiger partial charge is 0.481 e. The van der Waals surface area contributed by atoms with Crippen molar-refractivity contribution in [1.29, 1.82) is 0 Å². The summed E-state index contributed by atoms with van der Waals surface area (Å²) < 4.78 is 45.7. The maximum Gasteiger partial charge on any atom is 0.408 e. The number of hydrogen-bond acceptors (Lipinski definition) is 5. The van der Waals surface area contributed by atoms with E-state index in [1.807, 2.05) is 18.2 Å². The Balaban J connectivity index is 1.38. The van der Waals surface area contributed by atoms with E-state index < -0.39 is 30.1 Å². The normalized spacial score (nSPS) is 21.8.